The number of aliphatic carboxylic acids is 1. The number of amides is 3. The SMILES string of the molecule is COc1ccc2nc(O[C@@H]3C[C@@H](C(N)=O)N(C(=O)[C@H](CCCCC/C=C\[C@@H]4C[C@@H]4C(=O)O)NC(=O)OC(C)(C)C)C3)sc2c1. The summed E-state index contributed by atoms with van der Waals surface area (Å²) in [5, 5.41) is 12.1. The molecular formula is C31H42N4O8S. The van der Waals surface area contributed by atoms with Crippen molar-refractivity contribution in [2.24, 2.45) is 17.6 Å². The average Bonchev–Trinajstić information content (AvgIpc) is 3.43. The first-order chi connectivity index (χ1) is 20.8. The van der Waals surface area contributed by atoms with Crippen LogP contribution in [0, 0.1) is 11.8 Å². The van der Waals surface area contributed by atoms with Gasteiger partial charge >= 0.3 is 12.1 Å². The number of aromatic nitrogens is 1. The molecule has 4 N–H and O–H groups in total. The van der Waals surface area contributed by atoms with Crippen LogP contribution in [0.2, 0.25) is 0 Å². The summed E-state index contributed by atoms with van der Waals surface area (Å²) in [6.07, 6.45) is 7.08. The number of likely N-dealkylation sites (tertiary alicyclic amines) is 1. The second-order valence-corrected chi connectivity index (χ2v) is 13.3. The van der Waals surface area contributed by atoms with Gasteiger partial charge in [0.2, 0.25) is 11.8 Å². The van der Waals surface area contributed by atoms with Crippen LogP contribution in [-0.2, 0) is 19.1 Å². The van der Waals surface area contributed by atoms with Crippen molar-refractivity contribution >= 4 is 45.4 Å². The molecule has 13 heteroatoms. The number of carboxylic acids is 1. The van der Waals surface area contributed by atoms with Gasteiger partial charge in [-0.3, -0.25) is 14.4 Å². The quantitative estimate of drug-likeness (QED) is 0.204. The molecule has 0 radical (unpaired) electrons. The van der Waals surface area contributed by atoms with Gasteiger partial charge in [-0.2, -0.15) is 0 Å². The molecule has 1 aliphatic carbocycles. The lowest BCUT2D eigenvalue weighted by atomic mass is 10.0. The third-order valence-corrected chi connectivity index (χ3v) is 8.52. The summed E-state index contributed by atoms with van der Waals surface area (Å²) < 4.78 is 17.7. The summed E-state index contributed by atoms with van der Waals surface area (Å²) in [5.74, 6) is -1.26. The fraction of sp³-hybridized carbons (Fsp3) is 0.581. The highest BCUT2D eigenvalue weighted by Gasteiger charge is 2.43. The number of allylic oxidation sites excluding steroid dienone is 2. The largest absolute Gasteiger partial charge is 0.497 e. The van der Waals surface area contributed by atoms with Crippen molar-refractivity contribution in [2.45, 2.75) is 89.5 Å². The van der Waals surface area contributed by atoms with Crippen molar-refractivity contribution in [3.8, 4) is 10.9 Å². The van der Waals surface area contributed by atoms with Crippen LogP contribution in [0.5, 0.6) is 10.9 Å². The number of primary amides is 1. The molecule has 1 aliphatic heterocycles. The zero-order chi connectivity index (χ0) is 32.0. The molecule has 12 nitrogen and oxygen atoms in total. The summed E-state index contributed by atoms with van der Waals surface area (Å²) in [7, 11) is 1.59. The van der Waals surface area contributed by atoms with Crippen molar-refractivity contribution in [1.82, 2.24) is 15.2 Å². The highest BCUT2D eigenvalue weighted by atomic mass is 32.1. The number of ether oxygens (including phenoxy) is 3. The summed E-state index contributed by atoms with van der Waals surface area (Å²) in [5.41, 5.74) is 5.70. The maximum atomic E-state index is 13.8. The van der Waals surface area contributed by atoms with E-state index in [9.17, 15) is 19.2 Å². The fourth-order valence-electron chi connectivity index (χ4n) is 5.28. The molecule has 2 aliphatic rings. The first kappa shape index (κ1) is 33.0. The van der Waals surface area contributed by atoms with Crippen molar-refractivity contribution in [2.75, 3.05) is 13.7 Å². The van der Waals surface area contributed by atoms with Crippen LogP contribution >= 0.6 is 11.3 Å². The van der Waals surface area contributed by atoms with Crippen molar-refractivity contribution in [3.63, 3.8) is 0 Å². The van der Waals surface area contributed by atoms with Gasteiger partial charge in [-0.15, -0.1) is 0 Å². The molecule has 1 saturated carbocycles. The molecule has 1 aromatic carbocycles. The van der Waals surface area contributed by atoms with E-state index < -0.39 is 47.7 Å². The lowest BCUT2D eigenvalue weighted by molar-refractivity contribution is -0.139. The van der Waals surface area contributed by atoms with Gasteiger partial charge in [0.1, 0.15) is 29.5 Å². The van der Waals surface area contributed by atoms with Gasteiger partial charge in [0.05, 0.1) is 29.8 Å². The molecular weight excluding hydrogens is 588 g/mol. The number of hydrogen-bond donors (Lipinski definition) is 3. The van der Waals surface area contributed by atoms with Crippen LogP contribution < -0.4 is 20.5 Å². The van der Waals surface area contributed by atoms with E-state index in [1.807, 2.05) is 30.4 Å². The summed E-state index contributed by atoms with van der Waals surface area (Å²) in [6, 6.07) is 3.69. The van der Waals surface area contributed by atoms with Gasteiger partial charge in [-0.25, -0.2) is 9.78 Å². The Kier molecular flexibility index (Phi) is 10.7. The predicted molar refractivity (Wildman–Crippen MR) is 165 cm³/mol. The van der Waals surface area contributed by atoms with Crippen molar-refractivity contribution < 1.29 is 38.5 Å². The first-order valence-electron chi connectivity index (χ1n) is 14.9. The van der Waals surface area contributed by atoms with E-state index in [1.165, 1.54) is 16.2 Å². The molecule has 5 atom stereocenters. The molecule has 0 bridgehead atoms. The molecule has 4 rings (SSSR count). The van der Waals surface area contributed by atoms with Gasteiger partial charge in [-0.1, -0.05) is 36.3 Å². The molecule has 0 spiro atoms. The Labute approximate surface area is 260 Å². The van der Waals surface area contributed by atoms with Crippen LogP contribution in [0.25, 0.3) is 10.2 Å². The van der Waals surface area contributed by atoms with E-state index >= 15 is 0 Å². The van der Waals surface area contributed by atoms with E-state index in [0.717, 1.165) is 29.5 Å². The number of nitrogens with two attached hydrogens (primary N) is 1. The zero-order valence-corrected chi connectivity index (χ0v) is 26.4. The van der Waals surface area contributed by atoms with E-state index in [0.29, 0.717) is 30.2 Å². The number of benzene rings is 1. The van der Waals surface area contributed by atoms with Crippen LogP contribution in [0.4, 0.5) is 4.79 Å². The smallest absolute Gasteiger partial charge is 0.408 e. The molecule has 0 unspecified atom stereocenters. The minimum absolute atomic E-state index is 0.113. The Balaban J connectivity index is 1.37. The number of nitrogens with one attached hydrogen (secondary N) is 1. The minimum Gasteiger partial charge on any atom is -0.497 e. The summed E-state index contributed by atoms with van der Waals surface area (Å²) in [6.45, 7) is 5.32. The fourth-order valence-corrected chi connectivity index (χ4v) is 6.19. The molecule has 3 amide bonds. The lowest BCUT2D eigenvalue weighted by Crippen LogP contribution is -2.53. The van der Waals surface area contributed by atoms with Crippen LogP contribution in [0.15, 0.2) is 30.4 Å². The number of alkyl carbamates (subject to hydrolysis) is 1. The molecule has 1 saturated heterocycles. The van der Waals surface area contributed by atoms with Gasteiger partial charge in [0.15, 0.2) is 0 Å². The third kappa shape index (κ3) is 9.07. The monoisotopic (exact) mass is 630 g/mol. The highest BCUT2D eigenvalue weighted by molar-refractivity contribution is 7.20. The number of fused-ring (bicyclic) bond motifs is 1. The normalized spacial score (nSPS) is 22.1. The number of carboxylic acid groups (broad SMARTS) is 1. The van der Waals surface area contributed by atoms with Crippen LogP contribution in [-0.4, -0.2) is 76.3 Å². The number of rotatable bonds is 14. The van der Waals surface area contributed by atoms with Crippen molar-refractivity contribution in [3.05, 3.63) is 30.4 Å². The van der Waals surface area contributed by atoms with E-state index in [-0.39, 0.29) is 24.8 Å². The molecule has 2 heterocycles. The molecule has 1 aromatic heterocycles. The zero-order valence-electron chi connectivity index (χ0n) is 25.6. The Morgan fingerprint density at radius 2 is 1.98 bits per heavy atom. The van der Waals surface area contributed by atoms with Gasteiger partial charge in [0.25, 0.3) is 5.19 Å². The second-order valence-electron chi connectivity index (χ2n) is 12.3. The Morgan fingerprint density at radius 3 is 2.64 bits per heavy atom. The summed E-state index contributed by atoms with van der Waals surface area (Å²) >= 11 is 1.34. The number of hydrogen-bond acceptors (Lipinski definition) is 9. The second kappa shape index (κ2) is 14.3. The van der Waals surface area contributed by atoms with E-state index in [2.05, 4.69) is 10.3 Å². The Bertz CT molecular complexity index is 1390. The van der Waals surface area contributed by atoms with Gasteiger partial charge in [-0.05, 0) is 70.6 Å². The Hall–Kier alpha value is -3.87. The number of unbranched alkanes of at least 4 members (excludes halogenated alkanes) is 3. The Morgan fingerprint density at radius 1 is 1.20 bits per heavy atom. The maximum absolute atomic E-state index is 13.8. The number of methoxy groups -OCH3 is 1. The molecule has 2 aromatic rings. The van der Waals surface area contributed by atoms with E-state index in [4.69, 9.17) is 25.1 Å². The van der Waals surface area contributed by atoms with Crippen molar-refractivity contribution in [1.29, 1.82) is 0 Å². The van der Waals surface area contributed by atoms with E-state index in [1.54, 1.807) is 27.9 Å². The number of carbonyl (C=O) groups excluding carboxylic acids is 3. The lowest BCUT2D eigenvalue weighted by Gasteiger charge is -2.28. The number of carbonyl (C=O) groups is 4. The van der Waals surface area contributed by atoms with Gasteiger partial charge in [0, 0.05) is 6.42 Å². The van der Waals surface area contributed by atoms with Crippen LogP contribution in [0.1, 0.15) is 65.7 Å². The summed E-state index contributed by atoms with van der Waals surface area (Å²) in [4.78, 5) is 55.8. The number of thiazole rings is 1. The molecule has 44 heavy (non-hydrogen) atoms. The minimum atomic E-state index is -0.918. The highest BCUT2D eigenvalue weighted by Crippen LogP contribution is 2.39. The molecule has 240 valence electrons. The average molecular weight is 631 g/mol. The molecule has 2 fully saturated rings. The topological polar surface area (TPSA) is 170 Å². The van der Waals surface area contributed by atoms with Crippen LogP contribution in [0.3, 0.4) is 0 Å². The first-order valence-corrected chi connectivity index (χ1v) is 15.8. The standard InChI is InChI=1S/C31H42N4O8S/c1-31(2,3)43-29(40)33-23(11-9-7-5-6-8-10-18-14-21(18)28(38)39)27(37)35-17-20(15-24(35)26(32)36)42-30-34-22-13-12-19(41-4)16-25(22)44-30/h8,10,12-13,16,18,20-21,23-24H,5-7,9,11,14-15,17H2,1-4H3,(H2,32,36)(H,33,40)(H,38,39)/b10-8-/t18-,20-,21+,23+,24+/m1/s1. The maximum Gasteiger partial charge on any atom is 0.408 e. The number of nitrogens with zero attached hydrogens (tertiary/aromatic N) is 2. The third-order valence-electron chi connectivity index (χ3n) is 7.61. The predicted octanol–water partition coefficient (Wildman–Crippen LogP) is 4.26. The van der Waals surface area contributed by atoms with Gasteiger partial charge < -0.3 is 35.3 Å².